The molecule has 2 aromatic carbocycles. The van der Waals surface area contributed by atoms with Gasteiger partial charge >= 0.3 is 0 Å². The van der Waals surface area contributed by atoms with Crippen molar-refractivity contribution >= 4 is 16.8 Å². The van der Waals surface area contributed by atoms with E-state index in [0.717, 1.165) is 16.7 Å². The largest absolute Gasteiger partial charge is 0.485 e. The fraction of sp³-hybridized carbons (Fsp3) is 0.167. The molecule has 0 radical (unpaired) electrons. The summed E-state index contributed by atoms with van der Waals surface area (Å²) in [5.74, 6) is 0.654. The number of fused-ring (bicyclic) bond motifs is 1. The predicted octanol–water partition coefficient (Wildman–Crippen LogP) is 4.31. The van der Waals surface area contributed by atoms with E-state index in [9.17, 15) is 4.79 Å². The zero-order chi connectivity index (χ0) is 14.8. The van der Waals surface area contributed by atoms with Gasteiger partial charge in [0, 0.05) is 5.39 Å². The highest BCUT2D eigenvalue weighted by Crippen LogP contribution is 2.22. The monoisotopic (exact) mass is 280 g/mol. The molecule has 0 unspecified atom stereocenters. The van der Waals surface area contributed by atoms with Gasteiger partial charge in [0.1, 0.15) is 17.6 Å². The molecule has 0 saturated carbocycles. The van der Waals surface area contributed by atoms with Crippen LogP contribution in [-0.2, 0) is 0 Å². The first-order valence-corrected chi connectivity index (χ1v) is 6.84. The lowest BCUT2D eigenvalue weighted by Crippen LogP contribution is -2.11. The third kappa shape index (κ3) is 2.68. The molecule has 0 aliphatic rings. The van der Waals surface area contributed by atoms with Gasteiger partial charge in [0.2, 0.25) is 5.78 Å². The second-order valence-electron chi connectivity index (χ2n) is 5.13. The molecule has 3 heteroatoms. The number of para-hydroxylation sites is 1. The average Bonchev–Trinajstić information content (AvgIpc) is 2.90. The fourth-order valence-electron chi connectivity index (χ4n) is 2.38. The molecule has 0 atom stereocenters. The topological polar surface area (TPSA) is 39.4 Å². The van der Waals surface area contributed by atoms with Crippen molar-refractivity contribution in [1.82, 2.24) is 0 Å². The van der Waals surface area contributed by atoms with Crippen molar-refractivity contribution in [3.63, 3.8) is 0 Å². The quantitative estimate of drug-likeness (QED) is 0.668. The molecule has 0 spiro atoms. The Labute approximate surface area is 123 Å². The highest BCUT2D eigenvalue weighted by Gasteiger charge is 2.14. The Morgan fingerprint density at radius 1 is 1.14 bits per heavy atom. The van der Waals surface area contributed by atoms with Crippen molar-refractivity contribution in [2.24, 2.45) is 0 Å². The van der Waals surface area contributed by atoms with E-state index in [-0.39, 0.29) is 12.4 Å². The van der Waals surface area contributed by atoms with Crippen molar-refractivity contribution < 1.29 is 13.9 Å². The zero-order valence-corrected chi connectivity index (χ0v) is 12.1. The maximum absolute atomic E-state index is 12.3. The molecule has 0 saturated heterocycles. The van der Waals surface area contributed by atoms with E-state index in [0.29, 0.717) is 11.1 Å². The summed E-state index contributed by atoms with van der Waals surface area (Å²) in [7, 11) is 0. The van der Waals surface area contributed by atoms with Gasteiger partial charge in [0.25, 0.3) is 0 Å². The van der Waals surface area contributed by atoms with E-state index in [1.165, 1.54) is 11.8 Å². The first-order valence-electron chi connectivity index (χ1n) is 6.84. The first kappa shape index (κ1) is 13.4. The van der Waals surface area contributed by atoms with Crippen LogP contribution < -0.4 is 4.74 Å². The van der Waals surface area contributed by atoms with E-state index in [2.05, 4.69) is 0 Å². The molecule has 21 heavy (non-hydrogen) atoms. The lowest BCUT2D eigenvalue weighted by molar-refractivity contribution is 0.0922. The van der Waals surface area contributed by atoms with Gasteiger partial charge in [-0.2, -0.15) is 0 Å². The molecule has 0 aliphatic carbocycles. The lowest BCUT2D eigenvalue weighted by atomic mass is 10.1. The molecular weight excluding hydrogens is 264 g/mol. The number of rotatable bonds is 4. The second kappa shape index (κ2) is 5.44. The molecule has 0 fully saturated rings. The third-order valence-electron chi connectivity index (χ3n) is 3.47. The first-order chi connectivity index (χ1) is 10.1. The molecular formula is C18H16O3. The highest BCUT2D eigenvalue weighted by atomic mass is 16.5. The van der Waals surface area contributed by atoms with Crippen LogP contribution in [0.5, 0.6) is 5.75 Å². The van der Waals surface area contributed by atoms with Gasteiger partial charge < -0.3 is 9.15 Å². The van der Waals surface area contributed by atoms with Gasteiger partial charge in [-0.25, -0.2) is 0 Å². The summed E-state index contributed by atoms with van der Waals surface area (Å²) >= 11 is 0. The standard InChI is InChI=1S/C18H16O3/c1-12-7-8-17(13(2)9-12)21-11-16(19)15-10-20-18-6-4-3-5-14(15)18/h3-10H,11H2,1-2H3. The number of furan rings is 1. The molecule has 3 rings (SSSR count). The molecule has 3 nitrogen and oxygen atoms in total. The fourth-order valence-corrected chi connectivity index (χ4v) is 2.38. The minimum Gasteiger partial charge on any atom is -0.485 e. The zero-order valence-electron chi connectivity index (χ0n) is 12.1. The normalized spacial score (nSPS) is 10.8. The number of benzene rings is 2. The number of Topliss-reactive ketones (excluding diaryl/α,β-unsaturated/α-hetero) is 1. The Morgan fingerprint density at radius 2 is 1.95 bits per heavy atom. The molecule has 1 heterocycles. The van der Waals surface area contributed by atoms with Gasteiger partial charge in [-0.15, -0.1) is 0 Å². The van der Waals surface area contributed by atoms with Crippen LogP contribution in [0.2, 0.25) is 0 Å². The van der Waals surface area contributed by atoms with Crippen LogP contribution in [0.4, 0.5) is 0 Å². The summed E-state index contributed by atoms with van der Waals surface area (Å²) in [6.07, 6.45) is 1.50. The van der Waals surface area contributed by atoms with Crippen LogP contribution >= 0.6 is 0 Å². The summed E-state index contributed by atoms with van der Waals surface area (Å²) in [4.78, 5) is 12.3. The maximum atomic E-state index is 12.3. The number of hydrogen-bond donors (Lipinski definition) is 0. The Bertz CT molecular complexity index is 799. The van der Waals surface area contributed by atoms with Crippen molar-refractivity contribution in [3.8, 4) is 5.75 Å². The molecule has 106 valence electrons. The van der Waals surface area contributed by atoms with Gasteiger partial charge in [-0.05, 0) is 31.5 Å². The van der Waals surface area contributed by atoms with Crippen LogP contribution in [0.3, 0.4) is 0 Å². The van der Waals surface area contributed by atoms with Crippen molar-refractivity contribution in [1.29, 1.82) is 0 Å². The van der Waals surface area contributed by atoms with E-state index in [1.807, 2.05) is 56.3 Å². The number of aryl methyl sites for hydroxylation is 2. The van der Waals surface area contributed by atoms with Crippen LogP contribution in [0.1, 0.15) is 21.5 Å². The molecule has 3 aromatic rings. The van der Waals surface area contributed by atoms with Crippen molar-refractivity contribution in [2.75, 3.05) is 6.61 Å². The summed E-state index contributed by atoms with van der Waals surface area (Å²) in [6, 6.07) is 13.4. The Balaban J connectivity index is 1.77. The Morgan fingerprint density at radius 3 is 2.76 bits per heavy atom. The molecule has 0 bridgehead atoms. The summed E-state index contributed by atoms with van der Waals surface area (Å²) in [5.41, 5.74) is 3.48. The summed E-state index contributed by atoms with van der Waals surface area (Å²) < 4.78 is 11.0. The van der Waals surface area contributed by atoms with Crippen LogP contribution in [0, 0.1) is 13.8 Å². The number of hydrogen-bond acceptors (Lipinski definition) is 3. The minimum atomic E-state index is -0.0834. The smallest absolute Gasteiger partial charge is 0.204 e. The minimum absolute atomic E-state index is 0.00737. The number of carbonyl (C=O) groups excluding carboxylic acids is 1. The van der Waals surface area contributed by atoms with Crippen LogP contribution in [0.15, 0.2) is 53.1 Å². The van der Waals surface area contributed by atoms with Crippen LogP contribution in [0.25, 0.3) is 11.0 Å². The van der Waals surface area contributed by atoms with E-state index < -0.39 is 0 Å². The molecule has 0 aliphatic heterocycles. The molecule has 0 N–H and O–H groups in total. The molecule has 0 amide bonds. The SMILES string of the molecule is Cc1ccc(OCC(=O)c2coc3ccccc23)c(C)c1. The summed E-state index contributed by atoms with van der Waals surface area (Å²) in [5, 5.41) is 0.826. The van der Waals surface area contributed by atoms with E-state index >= 15 is 0 Å². The highest BCUT2D eigenvalue weighted by molar-refractivity contribution is 6.07. The van der Waals surface area contributed by atoms with Gasteiger partial charge in [-0.3, -0.25) is 4.79 Å². The third-order valence-corrected chi connectivity index (χ3v) is 3.47. The second-order valence-corrected chi connectivity index (χ2v) is 5.13. The Kier molecular flexibility index (Phi) is 3.48. The van der Waals surface area contributed by atoms with Gasteiger partial charge in [0.05, 0.1) is 5.56 Å². The van der Waals surface area contributed by atoms with Gasteiger partial charge in [0.15, 0.2) is 6.61 Å². The number of ether oxygens (including phenoxy) is 1. The molecule has 1 aromatic heterocycles. The van der Waals surface area contributed by atoms with E-state index in [4.69, 9.17) is 9.15 Å². The predicted molar refractivity (Wildman–Crippen MR) is 82.0 cm³/mol. The number of carbonyl (C=O) groups is 1. The Hall–Kier alpha value is -2.55. The summed E-state index contributed by atoms with van der Waals surface area (Å²) in [6.45, 7) is 4.01. The van der Waals surface area contributed by atoms with Crippen molar-refractivity contribution in [2.45, 2.75) is 13.8 Å². The van der Waals surface area contributed by atoms with Gasteiger partial charge in [-0.1, -0.05) is 35.9 Å². The lowest BCUT2D eigenvalue weighted by Gasteiger charge is -2.08. The van der Waals surface area contributed by atoms with Crippen LogP contribution in [-0.4, -0.2) is 12.4 Å². The average molecular weight is 280 g/mol. The number of ketones is 1. The van der Waals surface area contributed by atoms with E-state index in [1.54, 1.807) is 0 Å². The van der Waals surface area contributed by atoms with Crippen molar-refractivity contribution in [3.05, 3.63) is 65.4 Å². The maximum Gasteiger partial charge on any atom is 0.204 e.